The third-order valence-corrected chi connectivity index (χ3v) is 6.44. The molecule has 0 saturated heterocycles. The predicted molar refractivity (Wildman–Crippen MR) is 263 cm³/mol. The first-order valence-corrected chi connectivity index (χ1v) is 21.0. The summed E-state index contributed by atoms with van der Waals surface area (Å²) in [5.41, 5.74) is 18.0. The molecule has 15 N–H and O–H groups in total. The Bertz CT molecular complexity index is 1410. The standard InChI is InChI=1S/C8H11N3O.C8H11N3S.C7H10N2.C7H9NO.C7H9N.5C2H6/c2*9-11-8(12)10-6-7-4-2-1-3-5-7;2*8-9-6-7-4-2-1-3-5-7;8-6-7-4-2-1-3-5-7;5*1-2/h2*1-5H,6,9H2,(H2,10,11,12);1-5,9H,6,8H2;1-5H,6,8H2;1-5H,6,8H2;5*1-2H3. The molecule has 0 radical (unpaired) electrons. The van der Waals surface area contributed by atoms with E-state index >= 15 is 0 Å². The van der Waals surface area contributed by atoms with E-state index < -0.39 is 0 Å². The highest BCUT2D eigenvalue weighted by Gasteiger charge is 1.95. The number of hydrogen-bond acceptors (Lipinski definition) is 9. The summed E-state index contributed by atoms with van der Waals surface area (Å²) in [6.45, 7) is 23.1. The molecule has 0 bridgehead atoms. The van der Waals surface area contributed by atoms with Gasteiger partial charge in [0.1, 0.15) is 0 Å². The molecule has 0 fully saturated rings. The Balaban J connectivity index is -0.000000200. The number of rotatable bonds is 9. The van der Waals surface area contributed by atoms with Crippen LogP contribution < -0.4 is 56.1 Å². The minimum absolute atomic E-state index is 0.376. The van der Waals surface area contributed by atoms with Crippen LogP contribution in [0.1, 0.15) is 97.1 Å². The molecule has 0 aromatic heterocycles. The summed E-state index contributed by atoms with van der Waals surface area (Å²) in [4.78, 5) is 15.1. The van der Waals surface area contributed by atoms with Gasteiger partial charge in [0.15, 0.2) is 5.11 Å². The molecule has 5 aromatic rings. The van der Waals surface area contributed by atoms with Crippen molar-refractivity contribution in [1.29, 1.82) is 0 Å². The van der Waals surface area contributed by atoms with Crippen molar-refractivity contribution < 1.29 is 9.63 Å². The topological polar surface area (TPSA) is 217 Å². The first-order chi connectivity index (χ1) is 29.4. The number of carbonyl (C=O) groups excluding carboxylic acids is 1. The number of hydrogen-bond donors (Lipinski definition) is 10. The molecular weight excluding hydrogens is 769 g/mol. The van der Waals surface area contributed by atoms with Gasteiger partial charge in [-0.3, -0.25) is 21.5 Å². The van der Waals surface area contributed by atoms with Crippen LogP contribution in [0.2, 0.25) is 0 Å². The predicted octanol–water partition coefficient (Wildman–Crippen LogP) is 8.89. The van der Waals surface area contributed by atoms with Crippen LogP contribution in [-0.4, -0.2) is 11.1 Å². The van der Waals surface area contributed by atoms with Crippen molar-refractivity contribution in [1.82, 2.24) is 26.9 Å². The first kappa shape index (κ1) is 63.9. The zero-order chi connectivity index (χ0) is 46.5. The summed E-state index contributed by atoms with van der Waals surface area (Å²) >= 11 is 4.81. The van der Waals surface area contributed by atoms with Crippen molar-refractivity contribution in [2.45, 2.75) is 102 Å². The molecule has 12 nitrogen and oxygen atoms in total. The second-order valence-corrected chi connectivity index (χ2v) is 10.4. The van der Waals surface area contributed by atoms with E-state index in [0.29, 0.717) is 31.4 Å². The Kier molecular flexibility index (Phi) is 59.5. The monoisotopic (exact) mass is 849 g/mol. The van der Waals surface area contributed by atoms with Gasteiger partial charge >= 0.3 is 6.03 Å². The van der Waals surface area contributed by atoms with Crippen LogP contribution in [0.3, 0.4) is 0 Å². The average Bonchev–Trinajstić information content (AvgIpc) is 3.35. The van der Waals surface area contributed by atoms with Crippen LogP contribution in [0.15, 0.2) is 152 Å². The number of thiocarbonyl (C=S) groups is 1. The zero-order valence-corrected chi connectivity index (χ0v) is 38.9. The van der Waals surface area contributed by atoms with E-state index in [1.54, 1.807) is 0 Å². The Hall–Kier alpha value is -5.22. The Morgan fingerprint density at radius 3 is 1.03 bits per heavy atom. The second-order valence-electron chi connectivity index (χ2n) is 9.98. The smallest absolute Gasteiger partial charge is 0.329 e. The highest BCUT2D eigenvalue weighted by molar-refractivity contribution is 7.80. The molecule has 0 heterocycles. The maximum absolute atomic E-state index is 10.6. The van der Waals surface area contributed by atoms with Crippen molar-refractivity contribution in [3.05, 3.63) is 179 Å². The average molecular weight is 849 g/mol. The highest BCUT2D eigenvalue weighted by atomic mass is 32.1. The molecular formula is C47H80N10O2S. The first-order valence-electron chi connectivity index (χ1n) is 20.6. The van der Waals surface area contributed by atoms with E-state index in [4.69, 9.17) is 41.4 Å². The normalized spacial score (nSPS) is 8.18. The van der Waals surface area contributed by atoms with E-state index in [9.17, 15) is 4.79 Å². The van der Waals surface area contributed by atoms with E-state index in [1.165, 1.54) is 16.7 Å². The molecule has 2 amide bonds. The molecule has 0 saturated carbocycles. The van der Waals surface area contributed by atoms with Gasteiger partial charge in [-0.1, -0.05) is 221 Å². The van der Waals surface area contributed by atoms with E-state index in [0.717, 1.165) is 17.7 Å². The number of nitrogens with one attached hydrogen (secondary N) is 5. The van der Waals surface area contributed by atoms with E-state index in [1.807, 2.05) is 226 Å². The van der Waals surface area contributed by atoms with Gasteiger partial charge in [-0.15, -0.1) is 0 Å². The fourth-order valence-electron chi connectivity index (χ4n) is 3.66. The number of nitrogens with two attached hydrogens (primary N) is 5. The molecule has 13 heteroatoms. The van der Waals surface area contributed by atoms with Gasteiger partial charge in [0, 0.05) is 26.2 Å². The fraction of sp³-hybridized carbons (Fsp3) is 0.319. The van der Waals surface area contributed by atoms with Gasteiger partial charge in [-0.2, -0.15) is 0 Å². The van der Waals surface area contributed by atoms with Gasteiger partial charge in [0.25, 0.3) is 0 Å². The van der Waals surface area contributed by atoms with Crippen molar-refractivity contribution >= 4 is 23.4 Å². The summed E-state index contributed by atoms with van der Waals surface area (Å²) < 4.78 is 0. The molecule has 0 atom stereocenters. The highest BCUT2D eigenvalue weighted by Crippen LogP contribution is 1.99. The quantitative estimate of drug-likeness (QED) is 0.0292. The van der Waals surface area contributed by atoms with E-state index in [2.05, 4.69) is 26.3 Å². The van der Waals surface area contributed by atoms with Crippen molar-refractivity contribution in [3.63, 3.8) is 0 Å². The molecule has 0 spiro atoms. The maximum Gasteiger partial charge on any atom is 0.329 e. The summed E-state index contributed by atoms with van der Waals surface area (Å²) in [5.74, 6) is 19.9. The third kappa shape index (κ3) is 43.9. The molecule has 5 aromatic carbocycles. The summed E-state index contributed by atoms with van der Waals surface area (Å²) in [6.07, 6.45) is 0. The second kappa shape index (κ2) is 55.9. The minimum Gasteiger partial charge on any atom is -0.358 e. The lowest BCUT2D eigenvalue weighted by Gasteiger charge is -2.05. The van der Waals surface area contributed by atoms with Crippen LogP contribution >= 0.6 is 12.2 Å². The lowest BCUT2D eigenvalue weighted by atomic mass is 10.2. The molecule has 5 rings (SSSR count). The third-order valence-electron chi connectivity index (χ3n) is 6.17. The fourth-order valence-corrected chi connectivity index (χ4v) is 3.73. The molecule has 60 heavy (non-hydrogen) atoms. The molecule has 0 aliphatic heterocycles. The van der Waals surface area contributed by atoms with Crippen LogP contribution in [0.25, 0.3) is 0 Å². The lowest BCUT2D eigenvalue weighted by molar-refractivity contribution is 0.124. The number of benzene rings is 5. The van der Waals surface area contributed by atoms with Gasteiger partial charge in [0.2, 0.25) is 0 Å². The zero-order valence-electron chi connectivity index (χ0n) is 38.1. The minimum atomic E-state index is -0.376. The Labute approximate surface area is 369 Å². The van der Waals surface area contributed by atoms with Gasteiger partial charge in [-0.05, 0) is 40.0 Å². The largest absolute Gasteiger partial charge is 0.358 e. The summed E-state index contributed by atoms with van der Waals surface area (Å²) in [7, 11) is 0. The summed E-state index contributed by atoms with van der Waals surface area (Å²) in [5, 5.41) is 5.97. The number of hydrazine groups is 3. The van der Waals surface area contributed by atoms with Gasteiger partial charge < -0.3 is 21.8 Å². The number of urea groups is 1. The molecule has 0 aliphatic rings. The number of carbonyl (C=O) groups is 1. The Morgan fingerprint density at radius 2 is 0.767 bits per heavy atom. The molecule has 0 unspecified atom stereocenters. The van der Waals surface area contributed by atoms with Crippen molar-refractivity contribution in [2.75, 3.05) is 0 Å². The van der Waals surface area contributed by atoms with Crippen LogP contribution in [0.5, 0.6) is 0 Å². The van der Waals surface area contributed by atoms with Gasteiger partial charge in [-0.25, -0.2) is 22.4 Å². The van der Waals surface area contributed by atoms with Crippen LogP contribution in [0, 0.1) is 0 Å². The van der Waals surface area contributed by atoms with Gasteiger partial charge in [0.05, 0.1) is 6.61 Å². The lowest BCUT2D eigenvalue weighted by Crippen LogP contribution is -2.39. The number of amides is 2. The summed E-state index contributed by atoms with van der Waals surface area (Å²) in [6, 6.07) is 49.0. The van der Waals surface area contributed by atoms with Crippen molar-refractivity contribution in [2.24, 2.45) is 29.2 Å². The Morgan fingerprint density at radius 1 is 0.467 bits per heavy atom. The van der Waals surface area contributed by atoms with Crippen molar-refractivity contribution in [3.8, 4) is 0 Å². The SMILES string of the molecule is CC.CC.CC.CC.CC.NCc1ccccc1.NNC(=O)NCc1ccccc1.NNC(=S)NCc1ccccc1.NNCc1ccccc1.NOCc1ccccc1. The van der Waals surface area contributed by atoms with Crippen LogP contribution in [0.4, 0.5) is 4.79 Å². The molecule has 336 valence electrons. The molecule has 0 aliphatic carbocycles. The van der Waals surface area contributed by atoms with E-state index in [-0.39, 0.29) is 6.03 Å². The van der Waals surface area contributed by atoms with Crippen LogP contribution in [-0.2, 0) is 37.6 Å². The maximum atomic E-state index is 10.6.